The van der Waals surface area contributed by atoms with Gasteiger partial charge in [-0.05, 0) is 50.2 Å². The minimum absolute atomic E-state index is 0.185. The highest BCUT2D eigenvalue weighted by Crippen LogP contribution is 2.27. The SMILES string of the molecule is C/C(=C(\N=C(/N)CNc1ccccc1F)c1ccc2ncnn2c1)c1cccc(C)n1. The molecular formula is C23H22FN7. The van der Waals surface area contributed by atoms with Crippen LogP contribution in [0.25, 0.3) is 16.9 Å². The van der Waals surface area contributed by atoms with Gasteiger partial charge in [-0.15, -0.1) is 0 Å². The number of benzene rings is 1. The highest BCUT2D eigenvalue weighted by atomic mass is 19.1. The number of aromatic nitrogens is 4. The number of nitrogens with two attached hydrogens (primary N) is 1. The van der Waals surface area contributed by atoms with Crippen LogP contribution in [-0.2, 0) is 0 Å². The van der Waals surface area contributed by atoms with E-state index >= 15 is 0 Å². The van der Waals surface area contributed by atoms with Crippen LogP contribution >= 0.6 is 0 Å². The summed E-state index contributed by atoms with van der Waals surface area (Å²) in [6.07, 6.45) is 3.34. The Hall–Kier alpha value is -4.07. The summed E-state index contributed by atoms with van der Waals surface area (Å²) in [4.78, 5) is 13.5. The van der Waals surface area contributed by atoms with Crippen molar-refractivity contribution in [2.24, 2.45) is 10.7 Å². The molecule has 4 aromatic rings. The van der Waals surface area contributed by atoms with Gasteiger partial charge in [0.1, 0.15) is 18.0 Å². The topological polar surface area (TPSA) is 93.5 Å². The molecule has 0 spiro atoms. The fraction of sp³-hybridized carbons (Fsp3) is 0.130. The van der Waals surface area contributed by atoms with Crippen LogP contribution < -0.4 is 11.1 Å². The Bertz CT molecular complexity index is 1290. The quantitative estimate of drug-likeness (QED) is 0.368. The molecule has 0 fully saturated rings. The third-order valence-electron chi connectivity index (χ3n) is 4.76. The Labute approximate surface area is 179 Å². The first-order chi connectivity index (χ1) is 15.0. The van der Waals surface area contributed by atoms with Gasteiger partial charge in [-0.2, -0.15) is 5.10 Å². The molecule has 156 valence electrons. The number of pyridine rings is 2. The smallest absolute Gasteiger partial charge is 0.155 e. The lowest BCUT2D eigenvalue weighted by atomic mass is 10.1. The molecule has 0 unspecified atom stereocenters. The van der Waals surface area contributed by atoms with E-state index < -0.39 is 0 Å². The first-order valence-electron chi connectivity index (χ1n) is 9.77. The third-order valence-corrected chi connectivity index (χ3v) is 4.76. The minimum Gasteiger partial charge on any atom is -0.386 e. The van der Waals surface area contributed by atoms with Gasteiger partial charge in [-0.3, -0.25) is 4.98 Å². The summed E-state index contributed by atoms with van der Waals surface area (Å²) in [5.74, 6) is -0.0354. The molecule has 4 rings (SSSR count). The zero-order valence-electron chi connectivity index (χ0n) is 17.2. The van der Waals surface area contributed by atoms with Gasteiger partial charge in [0, 0.05) is 23.0 Å². The maximum atomic E-state index is 13.9. The van der Waals surface area contributed by atoms with E-state index in [9.17, 15) is 4.39 Å². The fourth-order valence-electron chi connectivity index (χ4n) is 3.17. The van der Waals surface area contributed by atoms with Crippen LogP contribution in [0.1, 0.15) is 23.9 Å². The van der Waals surface area contributed by atoms with Crippen LogP contribution in [0, 0.1) is 12.7 Å². The van der Waals surface area contributed by atoms with Crippen molar-refractivity contribution in [1.29, 1.82) is 0 Å². The number of para-hydroxylation sites is 1. The van der Waals surface area contributed by atoms with Crippen LogP contribution in [-0.4, -0.2) is 32.0 Å². The molecule has 0 saturated heterocycles. The largest absolute Gasteiger partial charge is 0.386 e. The molecule has 0 radical (unpaired) electrons. The third kappa shape index (κ3) is 4.58. The van der Waals surface area contributed by atoms with Gasteiger partial charge >= 0.3 is 0 Å². The average Bonchev–Trinajstić information content (AvgIpc) is 3.24. The molecule has 7 nitrogen and oxygen atoms in total. The lowest BCUT2D eigenvalue weighted by molar-refractivity contribution is 0.631. The summed E-state index contributed by atoms with van der Waals surface area (Å²) in [5, 5.41) is 7.19. The maximum absolute atomic E-state index is 13.9. The molecule has 0 aliphatic carbocycles. The number of hydrogen-bond acceptors (Lipinski definition) is 5. The minimum atomic E-state index is -0.345. The van der Waals surface area contributed by atoms with Crippen molar-refractivity contribution in [3.63, 3.8) is 0 Å². The normalized spacial score (nSPS) is 12.7. The second-order valence-electron chi connectivity index (χ2n) is 7.05. The second kappa shape index (κ2) is 8.74. The Balaban J connectivity index is 1.73. The summed E-state index contributed by atoms with van der Waals surface area (Å²) in [6.45, 7) is 4.07. The van der Waals surface area contributed by atoms with E-state index in [4.69, 9.17) is 5.73 Å². The second-order valence-corrected chi connectivity index (χ2v) is 7.05. The number of halogens is 1. The number of aliphatic imine (C=N–C) groups is 1. The number of anilines is 1. The molecule has 0 amide bonds. The van der Waals surface area contributed by atoms with Gasteiger partial charge in [0.05, 0.1) is 23.6 Å². The Morgan fingerprint density at radius 1 is 1.13 bits per heavy atom. The zero-order chi connectivity index (χ0) is 21.8. The lowest BCUT2D eigenvalue weighted by Gasteiger charge is -2.12. The highest BCUT2D eigenvalue weighted by Gasteiger charge is 2.12. The molecular weight excluding hydrogens is 393 g/mol. The first kappa shape index (κ1) is 20.2. The zero-order valence-corrected chi connectivity index (χ0v) is 17.2. The predicted molar refractivity (Wildman–Crippen MR) is 121 cm³/mol. The van der Waals surface area contributed by atoms with Crippen molar-refractivity contribution in [2.75, 3.05) is 11.9 Å². The van der Waals surface area contributed by atoms with Crippen molar-refractivity contribution < 1.29 is 4.39 Å². The average molecular weight is 415 g/mol. The number of amidine groups is 1. The van der Waals surface area contributed by atoms with Crippen LogP contribution in [0.5, 0.6) is 0 Å². The number of nitrogens with one attached hydrogen (secondary N) is 1. The molecule has 31 heavy (non-hydrogen) atoms. The molecule has 0 atom stereocenters. The number of allylic oxidation sites excluding steroid dienone is 1. The van der Waals surface area contributed by atoms with E-state index in [1.54, 1.807) is 22.7 Å². The van der Waals surface area contributed by atoms with E-state index in [-0.39, 0.29) is 12.4 Å². The number of hydrogen-bond donors (Lipinski definition) is 2. The summed E-state index contributed by atoms with van der Waals surface area (Å²) in [5.41, 5.74) is 11.4. The molecule has 8 heteroatoms. The van der Waals surface area contributed by atoms with Crippen molar-refractivity contribution in [1.82, 2.24) is 19.6 Å². The molecule has 0 aliphatic heterocycles. The highest BCUT2D eigenvalue weighted by molar-refractivity contribution is 5.96. The van der Waals surface area contributed by atoms with Crippen LogP contribution in [0.15, 0.2) is 72.1 Å². The number of aryl methyl sites for hydroxylation is 1. The Kier molecular flexibility index (Phi) is 5.70. The summed E-state index contributed by atoms with van der Waals surface area (Å²) < 4.78 is 15.6. The monoisotopic (exact) mass is 415 g/mol. The molecule has 0 bridgehead atoms. The van der Waals surface area contributed by atoms with Gasteiger partial charge in [-0.25, -0.2) is 18.9 Å². The number of nitrogens with zero attached hydrogens (tertiary/aromatic N) is 5. The van der Waals surface area contributed by atoms with Gasteiger partial charge in [0.15, 0.2) is 5.65 Å². The Morgan fingerprint density at radius 2 is 1.97 bits per heavy atom. The van der Waals surface area contributed by atoms with Crippen LogP contribution in [0.3, 0.4) is 0 Å². The molecule has 0 aliphatic rings. The predicted octanol–water partition coefficient (Wildman–Crippen LogP) is 3.93. The fourth-order valence-corrected chi connectivity index (χ4v) is 3.17. The van der Waals surface area contributed by atoms with Gasteiger partial charge in [-0.1, -0.05) is 18.2 Å². The molecule has 3 heterocycles. The summed E-state index contributed by atoms with van der Waals surface area (Å²) in [6, 6.07) is 16.0. The molecule has 3 N–H and O–H groups in total. The maximum Gasteiger partial charge on any atom is 0.155 e. The van der Waals surface area contributed by atoms with E-state index in [1.165, 1.54) is 12.4 Å². The van der Waals surface area contributed by atoms with E-state index in [2.05, 4.69) is 25.4 Å². The van der Waals surface area contributed by atoms with Crippen molar-refractivity contribution in [3.05, 3.63) is 89.9 Å². The lowest BCUT2D eigenvalue weighted by Crippen LogP contribution is -2.23. The van der Waals surface area contributed by atoms with E-state index in [0.29, 0.717) is 17.2 Å². The summed E-state index contributed by atoms with van der Waals surface area (Å²) in [7, 11) is 0. The van der Waals surface area contributed by atoms with Crippen LogP contribution in [0.2, 0.25) is 0 Å². The summed E-state index contributed by atoms with van der Waals surface area (Å²) >= 11 is 0. The van der Waals surface area contributed by atoms with Crippen LogP contribution in [0.4, 0.5) is 10.1 Å². The number of fused-ring (bicyclic) bond motifs is 1. The molecule has 0 saturated carbocycles. The van der Waals surface area contributed by atoms with Crippen molar-refractivity contribution in [3.8, 4) is 0 Å². The molecule has 1 aromatic carbocycles. The number of rotatable bonds is 6. The first-order valence-corrected chi connectivity index (χ1v) is 9.77. The van der Waals surface area contributed by atoms with E-state index in [1.807, 2.05) is 50.4 Å². The van der Waals surface area contributed by atoms with Crippen molar-refractivity contribution in [2.45, 2.75) is 13.8 Å². The van der Waals surface area contributed by atoms with Crippen molar-refractivity contribution >= 4 is 28.4 Å². The van der Waals surface area contributed by atoms with E-state index in [0.717, 1.165) is 28.2 Å². The van der Waals surface area contributed by atoms with Gasteiger partial charge in [0.2, 0.25) is 0 Å². The Morgan fingerprint density at radius 3 is 2.77 bits per heavy atom. The molecule has 3 aromatic heterocycles. The standard InChI is InChI=1S/C23H22FN7/c1-15-6-5-9-19(29-15)16(2)23(17-10-11-22-27-14-28-31(22)13-17)30-21(25)12-26-20-8-4-3-7-18(20)24/h3-11,13-14,26H,12H2,1-2H3,(H2,25,30)/b23-16+. The van der Waals surface area contributed by atoms with Gasteiger partial charge < -0.3 is 11.1 Å². The van der Waals surface area contributed by atoms with Gasteiger partial charge in [0.25, 0.3) is 0 Å².